The lowest BCUT2D eigenvalue weighted by Gasteiger charge is -2.49. The van der Waals surface area contributed by atoms with Gasteiger partial charge in [-0.1, -0.05) is 48.6 Å². The molecule has 2 saturated carbocycles. The second kappa shape index (κ2) is 10.4. The molecule has 230 valence electrons. The van der Waals surface area contributed by atoms with Gasteiger partial charge in [0.15, 0.2) is 0 Å². The zero-order chi connectivity index (χ0) is 31.1. The Kier molecular flexibility index (Phi) is 6.88. The van der Waals surface area contributed by atoms with Crippen molar-refractivity contribution in [3.63, 3.8) is 0 Å². The number of aromatic hydroxyl groups is 1. The van der Waals surface area contributed by atoms with Crippen LogP contribution in [-0.4, -0.2) is 46.8 Å². The van der Waals surface area contributed by atoms with Crippen LogP contribution in [0, 0.1) is 34.9 Å². The van der Waals surface area contributed by atoms with Crippen molar-refractivity contribution in [1.29, 1.82) is 0 Å². The molecule has 7 rings (SSSR count). The third-order valence-electron chi connectivity index (χ3n) is 11.0. The van der Waals surface area contributed by atoms with Crippen LogP contribution in [0.5, 0.6) is 11.5 Å². The molecule has 0 bridgehead atoms. The number of likely N-dealkylation sites (tertiary alicyclic amines) is 1. The van der Waals surface area contributed by atoms with Gasteiger partial charge in [-0.15, -0.1) is 0 Å². The minimum Gasteiger partial charge on any atom is -0.508 e. The highest BCUT2D eigenvalue weighted by Gasteiger charge is 2.68. The summed E-state index contributed by atoms with van der Waals surface area (Å²) in [5.74, 6) is -4.91. The molecule has 8 nitrogen and oxygen atoms in total. The Balaban J connectivity index is 1.36. The molecule has 0 spiro atoms. The van der Waals surface area contributed by atoms with Crippen LogP contribution in [0.1, 0.15) is 63.4 Å². The van der Waals surface area contributed by atoms with Crippen molar-refractivity contribution in [2.45, 2.75) is 63.8 Å². The smallest absolute Gasteiger partial charge is 0.241 e. The zero-order valence-corrected chi connectivity index (χ0v) is 25.4. The summed E-state index contributed by atoms with van der Waals surface area (Å²) in [6, 6.07) is 8.47. The highest BCUT2D eigenvalue weighted by Crippen LogP contribution is 2.64. The molecule has 4 fully saturated rings. The summed E-state index contributed by atoms with van der Waals surface area (Å²) >= 11 is 6.06. The van der Waals surface area contributed by atoms with Crippen LogP contribution in [0.2, 0.25) is 5.02 Å². The molecule has 2 saturated heterocycles. The van der Waals surface area contributed by atoms with E-state index in [0.29, 0.717) is 17.7 Å². The fourth-order valence-electron chi connectivity index (χ4n) is 8.85. The number of halogens is 2. The van der Waals surface area contributed by atoms with Crippen LogP contribution < -0.4 is 9.64 Å². The van der Waals surface area contributed by atoms with Gasteiger partial charge in [-0.3, -0.25) is 24.1 Å². The Hall–Kier alpha value is -3.72. The van der Waals surface area contributed by atoms with Gasteiger partial charge in [-0.25, -0.2) is 9.29 Å². The van der Waals surface area contributed by atoms with Crippen molar-refractivity contribution < 1.29 is 33.4 Å². The number of imide groups is 2. The summed E-state index contributed by atoms with van der Waals surface area (Å²) in [5, 5.41) is 11.1. The fourth-order valence-corrected chi connectivity index (χ4v) is 9.02. The van der Waals surface area contributed by atoms with Crippen LogP contribution in [-0.2, 0) is 19.2 Å². The van der Waals surface area contributed by atoms with Crippen LogP contribution in [0.4, 0.5) is 10.1 Å². The van der Waals surface area contributed by atoms with Crippen molar-refractivity contribution in [3.8, 4) is 11.5 Å². The van der Waals surface area contributed by atoms with Crippen LogP contribution in [0.15, 0.2) is 48.0 Å². The van der Waals surface area contributed by atoms with Crippen molar-refractivity contribution in [2.75, 3.05) is 12.0 Å². The number of phenolic OH excluding ortho intramolecular Hbond substituents is 1. The number of hydrogen-bond acceptors (Lipinski definition) is 6. The predicted molar refractivity (Wildman–Crippen MR) is 159 cm³/mol. The van der Waals surface area contributed by atoms with Crippen LogP contribution in [0.3, 0.4) is 0 Å². The Morgan fingerprint density at radius 1 is 0.977 bits per heavy atom. The number of nitrogens with zero attached hydrogens (tertiary/aromatic N) is 2. The number of hydrogen-bond donors (Lipinski definition) is 1. The minimum atomic E-state index is -1.34. The fraction of sp³-hybridized carbons (Fsp3) is 0.471. The summed E-state index contributed by atoms with van der Waals surface area (Å²) in [5.41, 5.74) is 0.0459. The van der Waals surface area contributed by atoms with E-state index in [4.69, 9.17) is 16.3 Å². The molecule has 0 aromatic heterocycles. The first kappa shape index (κ1) is 29.0. The molecular weight excluding hydrogens is 587 g/mol. The number of benzene rings is 2. The van der Waals surface area contributed by atoms with E-state index in [1.807, 2.05) is 6.08 Å². The Bertz CT molecular complexity index is 1640. The van der Waals surface area contributed by atoms with Gasteiger partial charge in [0.25, 0.3) is 0 Å². The van der Waals surface area contributed by atoms with E-state index in [1.54, 1.807) is 19.1 Å². The predicted octanol–water partition coefficient (Wildman–Crippen LogP) is 5.76. The third kappa shape index (κ3) is 4.00. The van der Waals surface area contributed by atoms with E-state index in [0.717, 1.165) is 48.6 Å². The molecular formula is C34H34ClFN2O6. The van der Waals surface area contributed by atoms with E-state index in [2.05, 4.69) is 0 Å². The molecule has 2 heterocycles. The highest BCUT2D eigenvalue weighted by atomic mass is 35.5. The average Bonchev–Trinajstić information content (AvgIpc) is 3.39. The summed E-state index contributed by atoms with van der Waals surface area (Å²) < 4.78 is 19.4. The number of allylic oxidation sites excluding steroid dienone is 2. The molecule has 2 aliphatic heterocycles. The van der Waals surface area contributed by atoms with Crippen molar-refractivity contribution in [3.05, 3.63) is 64.5 Å². The number of carbonyl (C=O) groups excluding carboxylic acids is 4. The van der Waals surface area contributed by atoms with E-state index in [9.17, 15) is 28.7 Å². The number of ether oxygens (including phenoxy) is 1. The molecule has 1 N–H and O–H groups in total. The first-order chi connectivity index (χ1) is 21.1. The lowest BCUT2D eigenvalue weighted by Crippen LogP contribution is -2.49. The number of phenols is 1. The monoisotopic (exact) mass is 620 g/mol. The summed E-state index contributed by atoms with van der Waals surface area (Å²) in [6.45, 7) is 1.73. The van der Waals surface area contributed by atoms with E-state index < -0.39 is 52.6 Å². The lowest BCUT2D eigenvalue weighted by atomic mass is 9.51. The number of fused-ring (bicyclic) bond motifs is 4. The normalized spacial score (nSPS) is 32.0. The number of amides is 4. The van der Waals surface area contributed by atoms with E-state index in [-0.39, 0.29) is 40.7 Å². The van der Waals surface area contributed by atoms with Crippen LogP contribution in [0.25, 0.3) is 0 Å². The zero-order valence-electron chi connectivity index (χ0n) is 24.6. The van der Waals surface area contributed by atoms with Gasteiger partial charge >= 0.3 is 0 Å². The molecule has 4 amide bonds. The highest BCUT2D eigenvalue weighted by molar-refractivity contribution is 6.31. The topological polar surface area (TPSA) is 104 Å². The van der Waals surface area contributed by atoms with Gasteiger partial charge in [-0.05, 0) is 62.8 Å². The maximum absolute atomic E-state index is 14.5. The Labute approximate surface area is 259 Å². The first-order valence-electron chi connectivity index (χ1n) is 15.3. The number of anilines is 1. The average molecular weight is 621 g/mol. The van der Waals surface area contributed by atoms with Gasteiger partial charge in [0.1, 0.15) is 17.3 Å². The molecule has 3 aliphatic carbocycles. The molecule has 44 heavy (non-hydrogen) atoms. The number of methoxy groups -OCH3 is 1. The van der Waals surface area contributed by atoms with Crippen molar-refractivity contribution in [1.82, 2.24) is 4.90 Å². The summed E-state index contributed by atoms with van der Waals surface area (Å²) in [7, 11) is 1.48. The lowest BCUT2D eigenvalue weighted by molar-refractivity contribution is -0.144. The van der Waals surface area contributed by atoms with Gasteiger partial charge < -0.3 is 9.84 Å². The second-order valence-corrected chi connectivity index (χ2v) is 13.4. The Morgan fingerprint density at radius 2 is 1.73 bits per heavy atom. The van der Waals surface area contributed by atoms with E-state index >= 15 is 0 Å². The van der Waals surface area contributed by atoms with Gasteiger partial charge in [0.2, 0.25) is 23.6 Å². The number of rotatable bonds is 4. The maximum atomic E-state index is 14.5. The Morgan fingerprint density at radius 3 is 2.41 bits per heavy atom. The molecule has 6 atom stereocenters. The molecule has 0 unspecified atom stereocenters. The van der Waals surface area contributed by atoms with Crippen molar-refractivity contribution >= 4 is 40.9 Å². The van der Waals surface area contributed by atoms with Crippen LogP contribution >= 0.6 is 11.6 Å². The first-order valence-corrected chi connectivity index (χ1v) is 15.7. The molecule has 2 aromatic rings. The largest absolute Gasteiger partial charge is 0.508 e. The number of carbonyl (C=O) groups is 4. The van der Waals surface area contributed by atoms with Gasteiger partial charge in [0.05, 0.1) is 41.0 Å². The van der Waals surface area contributed by atoms with Gasteiger partial charge in [0, 0.05) is 23.6 Å². The summed E-state index contributed by atoms with van der Waals surface area (Å²) in [6.07, 6.45) is 7.15. The molecule has 10 heteroatoms. The third-order valence-corrected chi connectivity index (χ3v) is 11.2. The second-order valence-electron chi connectivity index (χ2n) is 13.0. The standard InChI is InChI=1S/C34H34ClFN2O6/c1-34-24(31(41)38(33(34)43)18-8-13-26(36)25(35)14-18)16-23-20(29(34)21-10-9-19(44-2)15-27(21)39)11-12-22-28(23)32(42)37(30(22)40)17-6-4-3-5-7-17/h8-11,13-15,17,22-24,28-29,39H,3-7,12,16H2,1-2H3/t22-,23+,24-,28-,29+,34+/m0/s1. The van der Waals surface area contributed by atoms with Crippen molar-refractivity contribution in [2.24, 2.45) is 29.1 Å². The minimum absolute atomic E-state index is 0.0980. The molecule has 0 radical (unpaired) electrons. The summed E-state index contributed by atoms with van der Waals surface area (Å²) in [4.78, 5) is 59.2. The molecule has 2 aromatic carbocycles. The quantitative estimate of drug-likeness (QED) is 0.345. The maximum Gasteiger partial charge on any atom is 0.241 e. The van der Waals surface area contributed by atoms with Gasteiger partial charge in [-0.2, -0.15) is 0 Å². The van der Waals surface area contributed by atoms with E-state index in [1.165, 1.54) is 30.2 Å². The SMILES string of the molecule is COc1ccc([C@H]2C3=CC[C@@H]4C(=O)N(C5CCCCC5)C(=O)[C@@H]4[C@@H]3C[C@H]3C(=O)N(c4ccc(F)c(Cl)c4)C(=O)[C@@]23C)c(O)c1. The molecule has 5 aliphatic rings.